The second-order valence-corrected chi connectivity index (χ2v) is 5.80. The van der Waals surface area contributed by atoms with Crippen LogP contribution in [0.1, 0.15) is 18.8 Å². The highest BCUT2D eigenvalue weighted by atomic mass is 35.5. The highest BCUT2D eigenvalue weighted by Gasteiger charge is 2.14. The lowest BCUT2D eigenvalue weighted by molar-refractivity contribution is 0.555. The zero-order valence-corrected chi connectivity index (χ0v) is 12.7. The first kappa shape index (κ1) is 14.4. The van der Waals surface area contributed by atoms with Gasteiger partial charge in [0.25, 0.3) is 0 Å². The molecule has 0 aliphatic heterocycles. The molecule has 19 heavy (non-hydrogen) atoms. The number of hydrogen-bond acceptors (Lipinski definition) is 3. The lowest BCUT2D eigenvalue weighted by Gasteiger charge is -2.17. The third-order valence-electron chi connectivity index (χ3n) is 2.85. The Bertz CT molecular complexity index is 510. The van der Waals surface area contributed by atoms with Crippen LogP contribution in [-0.4, -0.2) is 21.8 Å². The number of hydrogen-bond donors (Lipinski definition) is 1. The maximum absolute atomic E-state index is 5.89. The number of aromatic nitrogens is 2. The van der Waals surface area contributed by atoms with E-state index in [0.29, 0.717) is 0 Å². The summed E-state index contributed by atoms with van der Waals surface area (Å²) in [5.41, 5.74) is 0. The van der Waals surface area contributed by atoms with Gasteiger partial charge >= 0.3 is 0 Å². The summed E-state index contributed by atoms with van der Waals surface area (Å²) in [6.45, 7) is 3.04. The van der Waals surface area contributed by atoms with Crippen molar-refractivity contribution in [1.29, 1.82) is 0 Å². The normalized spacial score (nSPS) is 12.6. The summed E-state index contributed by atoms with van der Waals surface area (Å²) in [5.74, 6) is 2.02. The summed E-state index contributed by atoms with van der Waals surface area (Å²) in [7, 11) is 2.03. The fourth-order valence-corrected chi connectivity index (χ4v) is 2.98. The number of nitrogens with zero attached hydrogens (tertiary/aromatic N) is 2. The molecule has 0 fully saturated rings. The van der Waals surface area contributed by atoms with Crippen LogP contribution >= 0.6 is 23.4 Å². The van der Waals surface area contributed by atoms with Gasteiger partial charge in [-0.1, -0.05) is 18.5 Å². The van der Waals surface area contributed by atoms with E-state index in [-0.39, 0.29) is 6.04 Å². The van der Waals surface area contributed by atoms with Gasteiger partial charge in [0.1, 0.15) is 5.82 Å². The summed E-state index contributed by atoms with van der Waals surface area (Å²) < 4.78 is 2.07. The van der Waals surface area contributed by atoms with Crippen molar-refractivity contribution in [3.05, 3.63) is 47.5 Å². The van der Waals surface area contributed by atoms with Gasteiger partial charge in [-0.2, -0.15) is 0 Å². The number of benzene rings is 1. The molecule has 102 valence electrons. The van der Waals surface area contributed by atoms with Crippen molar-refractivity contribution in [2.75, 3.05) is 12.3 Å². The van der Waals surface area contributed by atoms with Crippen molar-refractivity contribution >= 4 is 23.4 Å². The highest BCUT2D eigenvalue weighted by molar-refractivity contribution is 7.99. The SMILES string of the molecule is CCNC(CSc1ccc(Cl)cc1)c1nccn1C. The van der Waals surface area contributed by atoms with Crippen molar-refractivity contribution in [2.45, 2.75) is 17.9 Å². The molecule has 0 amide bonds. The van der Waals surface area contributed by atoms with E-state index in [1.165, 1.54) is 4.90 Å². The van der Waals surface area contributed by atoms with Crippen LogP contribution in [0.25, 0.3) is 0 Å². The summed E-state index contributed by atoms with van der Waals surface area (Å²) in [4.78, 5) is 5.65. The molecule has 0 aliphatic rings. The molecule has 5 heteroatoms. The van der Waals surface area contributed by atoms with E-state index in [2.05, 4.69) is 33.9 Å². The molecule has 1 aromatic heterocycles. The molecule has 1 atom stereocenters. The van der Waals surface area contributed by atoms with E-state index in [1.54, 1.807) is 0 Å². The lowest BCUT2D eigenvalue weighted by Crippen LogP contribution is -2.25. The highest BCUT2D eigenvalue weighted by Crippen LogP contribution is 2.25. The van der Waals surface area contributed by atoms with Gasteiger partial charge in [0, 0.05) is 35.1 Å². The Kier molecular flexibility index (Phi) is 5.31. The molecule has 0 saturated heterocycles. The maximum Gasteiger partial charge on any atom is 0.126 e. The van der Waals surface area contributed by atoms with Crippen LogP contribution in [0.3, 0.4) is 0 Å². The van der Waals surface area contributed by atoms with Crippen LogP contribution in [0.4, 0.5) is 0 Å². The number of imidazole rings is 1. The van der Waals surface area contributed by atoms with E-state index >= 15 is 0 Å². The quantitative estimate of drug-likeness (QED) is 0.827. The van der Waals surface area contributed by atoms with E-state index < -0.39 is 0 Å². The van der Waals surface area contributed by atoms with Crippen LogP contribution in [0.5, 0.6) is 0 Å². The second-order valence-electron chi connectivity index (χ2n) is 4.27. The van der Waals surface area contributed by atoms with Gasteiger partial charge in [-0.3, -0.25) is 0 Å². The minimum atomic E-state index is 0.255. The van der Waals surface area contributed by atoms with Gasteiger partial charge in [0.2, 0.25) is 0 Å². The third-order valence-corrected chi connectivity index (χ3v) is 4.21. The van der Waals surface area contributed by atoms with E-state index in [4.69, 9.17) is 11.6 Å². The Morgan fingerprint density at radius 3 is 2.68 bits per heavy atom. The molecule has 2 aromatic rings. The zero-order chi connectivity index (χ0) is 13.7. The molecule has 3 nitrogen and oxygen atoms in total. The Morgan fingerprint density at radius 1 is 1.37 bits per heavy atom. The molecule has 0 radical (unpaired) electrons. The molecule has 1 unspecified atom stereocenters. The summed E-state index contributed by atoms with van der Waals surface area (Å²) >= 11 is 7.70. The molecule has 1 heterocycles. The van der Waals surface area contributed by atoms with Gasteiger partial charge in [-0.15, -0.1) is 11.8 Å². The minimum absolute atomic E-state index is 0.255. The predicted molar refractivity (Wildman–Crippen MR) is 81.8 cm³/mol. The molecule has 0 bridgehead atoms. The first-order valence-corrected chi connectivity index (χ1v) is 7.66. The van der Waals surface area contributed by atoms with Gasteiger partial charge < -0.3 is 9.88 Å². The first-order chi connectivity index (χ1) is 9.20. The van der Waals surface area contributed by atoms with Gasteiger partial charge in [-0.25, -0.2) is 4.98 Å². The van der Waals surface area contributed by atoms with Crippen molar-refractivity contribution in [3.63, 3.8) is 0 Å². The van der Waals surface area contributed by atoms with E-state index in [9.17, 15) is 0 Å². The largest absolute Gasteiger partial charge is 0.337 e. The van der Waals surface area contributed by atoms with Crippen LogP contribution < -0.4 is 5.32 Å². The Morgan fingerprint density at radius 2 is 2.11 bits per heavy atom. The second kappa shape index (κ2) is 6.98. The molecular formula is C14H18ClN3S. The van der Waals surface area contributed by atoms with Crippen molar-refractivity contribution in [2.24, 2.45) is 7.05 Å². The topological polar surface area (TPSA) is 29.9 Å². The fourth-order valence-electron chi connectivity index (χ4n) is 1.89. The maximum atomic E-state index is 5.89. The van der Waals surface area contributed by atoms with Crippen LogP contribution in [0.2, 0.25) is 5.02 Å². The Hall–Kier alpha value is -0.970. The number of halogens is 1. The van der Waals surface area contributed by atoms with Gasteiger partial charge in [0.15, 0.2) is 0 Å². The molecule has 0 spiro atoms. The third kappa shape index (κ3) is 4.00. The first-order valence-electron chi connectivity index (χ1n) is 6.29. The Balaban J connectivity index is 2.01. The number of aryl methyl sites for hydroxylation is 1. The summed E-state index contributed by atoms with van der Waals surface area (Å²) in [5, 5.41) is 4.25. The average molecular weight is 296 g/mol. The van der Waals surface area contributed by atoms with Crippen LogP contribution in [0, 0.1) is 0 Å². The monoisotopic (exact) mass is 295 g/mol. The molecule has 0 saturated carbocycles. The summed E-state index contributed by atoms with van der Waals surface area (Å²) in [6, 6.07) is 8.20. The fraction of sp³-hybridized carbons (Fsp3) is 0.357. The van der Waals surface area contributed by atoms with E-state index in [0.717, 1.165) is 23.1 Å². The molecule has 1 aromatic carbocycles. The molecule has 2 rings (SSSR count). The predicted octanol–water partition coefficient (Wildman–Crippen LogP) is 3.52. The van der Waals surface area contributed by atoms with E-state index in [1.807, 2.05) is 43.3 Å². The van der Waals surface area contributed by atoms with Gasteiger partial charge in [-0.05, 0) is 30.8 Å². The number of rotatable bonds is 6. The smallest absolute Gasteiger partial charge is 0.126 e. The van der Waals surface area contributed by atoms with Gasteiger partial charge in [0.05, 0.1) is 6.04 Å². The number of thioether (sulfide) groups is 1. The average Bonchev–Trinajstić information content (AvgIpc) is 2.83. The number of nitrogens with one attached hydrogen (secondary N) is 1. The van der Waals surface area contributed by atoms with Crippen molar-refractivity contribution < 1.29 is 0 Å². The van der Waals surface area contributed by atoms with Crippen molar-refractivity contribution in [3.8, 4) is 0 Å². The minimum Gasteiger partial charge on any atom is -0.337 e. The molecular weight excluding hydrogens is 278 g/mol. The van der Waals surface area contributed by atoms with Crippen LogP contribution in [-0.2, 0) is 7.05 Å². The molecule has 1 N–H and O–H groups in total. The van der Waals surface area contributed by atoms with Crippen LogP contribution in [0.15, 0.2) is 41.6 Å². The lowest BCUT2D eigenvalue weighted by atomic mass is 10.3. The Labute approximate surface area is 123 Å². The summed E-state index contributed by atoms with van der Waals surface area (Å²) in [6.07, 6.45) is 3.82. The molecule has 0 aliphatic carbocycles. The van der Waals surface area contributed by atoms with Crippen molar-refractivity contribution in [1.82, 2.24) is 14.9 Å². The standard InChI is InChI=1S/C14H18ClN3S/c1-3-16-13(14-17-8-9-18(14)2)10-19-12-6-4-11(15)5-7-12/h4-9,13,16H,3,10H2,1-2H3. The zero-order valence-electron chi connectivity index (χ0n) is 11.1.